The van der Waals surface area contributed by atoms with Gasteiger partial charge in [0.05, 0.1) is 18.4 Å². The fourth-order valence-electron chi connectivity index (χ4n) is 1.90. The van der Waals surface area contributed by atoms with Crippen molar-refractivity contribution < 1.29 is 4.79 Å². The van der Waals surface area contributed by atoms with Crippen LogP contribution in [-0.2, 0) is 6.54 Å². The maximum atomic E-state index is 12.1. The van der Waals surface area contributed by atoms with E-state index >= 15 is 0 Å². The molecular weight excluding hydrogens is 282 g/mol. The number of carbonyl (C=O) groups is 1. The van der Waals surface area contributed by atoms with E-state index in [1.807, 2.05) is 12.1 Å². The average Bonchev–Trinajstić information content (AvgIpc) is 2.95. The summed E-state index contributed by atoms with van der Waals surface area (Å²) in [4.78, 5) is 23.8. The Hall–Kier alpha value is -3.29. The predicted octanol–water partition coefficient (Wildman–Crippen LogP) is 0.951. The van der Waals surface area contributed by atoms with Gasteiger partial charge in [0.25, 0.3) is 5.91 Å². The normalized spacial score (nSPS) is 10.4. The fraction of sp³-hybridized carbons (Fsp3) is 0.0714. The summed E-state index contributed by atoms with van der Waals surface area (Å²) in [6.07, 6.45) is 9.57. The fourth-order valence-corrected chi connectivity index (χ4v) is 1.90. The first-order valence-electron chi connectivity index (χ1n) is 6.51. The molecule has 0 spiro atoms. The van der Waals surface area contributed by atoms with Gasteiger partial charge in [0.15, 0.2) is 11.5 Å². The summed E-state index contributed by atoms with van der Waals surface area (Å²) in [5, 5.41) is 6.88. The maximum Gasteiger partial charge on any atom is 0.278 e. The van der Waals surface area contributed by atoms with Crippen LogP contribution in [0, 0.1) is 0 Å². The van der Waals surface area contributed by atoms with Gasteiger partial charge in [-0.15, -0.1) is 0 Å². The Bertz CT molecular complexity index is 785. The number of nitrogen functional groups attached to an aromatic ring is 1. The number of hydrogen-bond acceptors (Lipinski definition) is 6. The number of nitrogens with two attached hydrogens (primary N) is 1. The first-order valence-corrected chi connectivity index (χ1v) is 6.51. The van der Waals surface area contributed by atoms with Crippen LogP contribution in [-0.4, -0.2) is 30.6 Å². The van der Waals surface area contributed by atoms with Crippen LogP contribution in [0.1, 0.15) is 16.1 Å². The topological polar surface area (TPSA) is 112 Å². The Kier molecular flexibility index (Phi) is 3.73. The Labute approximate surface area is 126 Å². The average molecular weight is 295 g/mol. The zero-order chi connectivity index (χ0) is 15.4. The van der Waals surface area contributed by atoms with Gasteiger partial charge >= 0.3 is 0 Å². The molecular formula is C14H13N7O. The van der Waals surface area contributed by atoms with Gasteiger partial charge in [0.1, 0.15) is 0 Å². The van der Waals surface area contributed by atoms with Gasteiger partial charge < -0.3 is 11.1 Å². The van der Waals surface area contributed by atoms with Gasteiger partial charge in [0.2, 0.25) is 0 Å². The highest BCUT2D eigenvalue weighted by Crippen LogP contribution is 2.11. The Balaban J connectivity index is 1.69. The summed E-state index contributed by atoms with van der Waals surface area (Å²) in [5.41, 5.74) is 7.33. The van der Waals surface area contributed by atoms with Gasteiger partial charge in [-0.25, -0.2) is 9.97 Å². The number of pyridine rings is 1. The van der Waals surface area contributed by atoms with Crippen molar-refractivity contribution in [2.45, 2.75) is 6.54 Å². The molecule has 0 saturated heterocycles. The Morgan fingerprint density at radius 2 is 1.95 bits per heavy atom. The number of carbonyl (C=O) groups excluding carboxylic acids is 1. The van der Waals surface area contributed by atoms with Crippen molar-refractivity contribution in [1.29, 1.82) is 0 Å². The van der Waals surface area contributed by atoms with Crippen molar-refractivity contribution in [3.05, 3.63) is 60.6 Å². The standard InChI is InChI=1S/C14H13N7O/c15-13-12(17-5-6-18-13)14(22)20-11-7-19-21(9-11)8-10-1-3-16-4-2-10/h1-7,9H,8H2,(H2,15,18)(H,20,22). The molecule has 0 aliphatic rings. The van der Waals surface area contributed by atoms with Crippen LogP contribution < -0.4 is 11.1 Å². The van der Waals surface area contributed by atoms with Crippen molar-refractivity contribution in [2.75, 3.05) is 11.1 Å². The van der Waals surface area contributed by atoms with E-state index in [0.29, 0.717) is 12.2 Å². The summed E-state index contributed by atoms with van der Waals surface area (Å²) in [6.45, 7) is 0.589. The van der Waals surface area contributed by atoms with Crippen molar-refractivity contribution >= 4 is 17.4 Å². The highest BCUT2D eigenvalue weighted by atomic mass is 16.1. The van der Waals surface area contributed by atoms with Gasteiger partial charge in [-0.2, -0.15) is 5.10 Å². The molecule has 0 fully saturated rings. The summed E-state index contributed by atoms with van der Waals surface area (Å²) >= 11 is 0. The molecule has 0 aromatic carbocycles. The first-order chi connectivity index (χ1) is 10.7. The lowest BCUT2D eigenvalue weighted by molar-refractivity contribution is 0.102. The molecule has 3 heterocycles. The molecule has 0 atom stereocenters. The van der Waals surface area contributed by atoms with E-state index in [9.17, 15) is 4.79 Å². The van der Waals surface area contributed by atoms with E-state index in [2.05, 4.69) is 25.4 Å². The van der Waals surface area contributed by atoms with Crippen LogP contribution in [0.25, 0.3) is 0 Å². The highest BCUT2D eigenvalue weighted by Gasteiger charge is 2.13. The van der Waals surface area contributed by atoms with Crippen LogP contribution in [0.15, 0.2) is 49.3 Å². The van der Waals surface area contributed by atoms with Crippen LogP contribution in [0.3, 0.4) is 0 Å². The van der Waals surface area contributed by atoms with Crippen molar-refractivity contribution in [1.82, 2.24) is 24.7 Å². The van der Waals surface area contributed by atoms with E-state index in [0.717, 1.165) is 5.56 Å². The van der Waals surface area contributed by atoms with Crippen LogP contribution >= 0.6 is 0 Å². The summed E-state index contributed by atoms with van der Waals surface area (Å²) in [6, 6.07) is 3.81. The summed E-state index contributed by atoms with van der Waals surface area (Å²) in [5.74, 6) is -0.335. The van der Waals surface area contributed by atoms with E-state index in [-0.39, 0.29) is 11.5 Å². The van der Waals surface area contributed by atoms with Crippen molar-refractivity contribution in [2.24, 2.45) is 0 Å². The number of hydrogen-bond donors (Lipinski definition) is 2. The van der Waals surface area contributed by atoms with Gasteiger partial charge in [-0.05, 0) is 17.7 Å². The lowest BCUT2D eigenvalue weighted by Gasteiger charge is -2.03. The minimum atomic E-state index is -0.422. The number of aromatic nitrogens is 5. The monoisotopic (exact) mass is 295 g/mol. The van der Waals surface area contributed by atoms with Crippen LogP contribution in [0.4, 0.5) is 11.5 Å². The predicted molar refractivity (Wildman–Crippen MR) is 80.0 cm³/mol. The van der Waals surface area contributed by atoms with Crippen LogP contribution in [0.2, 0.25) is 0 Å². The largest absolute Gasteiger partial charge is 0.382 e. The SMILES string of the molecule is Nc1nccnc1C(=O)Nc1cnn(Cc2ccncc2)c1. The molecule has 3 N–H and O–H groups in total. The molecule has 0 aliphatic heterocycles. The third-order valence-corrected chi connectivity index (χ3v) is 2.93. The van der Waals surface area contributed by atoms with Crippen molar-refractivity contribution in [3.8, 4) is 0 Å². The molecule has 110 valence electrons. The van der Waals surface area contributed by atoms with Gasteiger partial charge in [0, 0.05) is 31.0 Å². The molecule has 3 rings (SSSR count). The molecule has 0 saturated carbocycles. The first kappa shape index (κ1) is 13.7. The molecule has 8 heteroatoms. The van der Waals surface area contributed by atoms with E-state index < -0.39 is 5.91 Å². The van der Waals surface area contributed by atoms with Crippen LogP contribution in [0.5, 0.6) is 0 Å². The number of rotatable bonds is 4. The number of amides is 1. The zero-order valence-electron chi connectivity index (χ0n) is 11.5. The molecule has 0 radical (unpaired) electrons. The Morgan fingerprint density at radius 1 is 1.18 bits per heavy atom. The molecule has 22 heavy (non-hydrogen) atoms. The number of nitrogens with one attached hydrogen (secondary N) is 1. The summed E-state index contributed by atoms with van der Waals surface area (Å²) < 4.78 is 1.71. The second-order valence-corrected chi connectivity index (χ2v) is 4.53. The minimum absolute atomic E-state index is 0.0872. The smallest absolute Gasteiger partial charge is 0.278 e. The third kappa shape index (κ3) is 3.06. The quantitative estimate of drug-likeness (QED) is 0.741. The molecule has 3 aromatic rings. The van der Waals surface area contributed by atoms with E-state index in [1.165, 1.54) is 12.4 Å². The van der Waals surface area contributed by atoms with Crippen molar-refractivity contribution in [3.63, 3.8) is 0 Å². The van der Waals surface area contributed by atoms with E-state index in [4.69, 9.17) is 5.73 Å². The van der Waals surface area contributed by atoms with Gasteiger partial charge in [-0.1, -0.05) is 0 Å². The molecule has 0 unspecified atom stereocenters. The number of nitrogens with zero attached hydrogens (tertiary/aromatic N) is 5. The molecule has 0 aliphatic carbocycles. The molecule has 1 amide bonds. The molecule has 8 nitrogen and oxygen atoms in total. The molecule has 0 bridgehead atoms. The number of anilines is 2. The summed E-state index contributed by atoms with van der Waals surface area (Å²) in [7, 11) is 0. The van der Waals surface area contributed by atoms with E-state index in [1.54, 1.807) is 29.5 Å². The second-order valence-electron chi connectivity index (χ2n) is 4.53. The highest BCUT2D eigenvalue weighted by molar-refractivity contribution is 6.05. The second kappa shape index (κ2) is 6.00. The third-order valence-electron chi connectivity index (χ3n) is 2.93. The lowest BCUT2D eigenvalue weighted by Crippen LogP contribution is -2.16. The zero-order valence-corrected chi connectivity index (χ0v) is 11.5. The lowest BCUT2D eigenvalue weighted by atomic mass is 10.3. The molecule has 3 aromatic heterocycles. The maximum absolute atomic E-state index is 12.1. The minimum Gasteiger partial charge on any atom is -0.382 e. The Morgan fingerprint density at radius 3 is 2.73 bits per heavy atom. The van der Waals surface area contributed by atoms with Gasteiger partial charge in [-0.3, -0.25) is 14.5 Å².